The molecule has 0 saturated carbocycles. The van der Waals surface area contributed by atoms with Gasteiger partial charge in [-0.25, -0.2) is 9.97 Å². The van der Waals surface area contributed by atoms with E-state index in [1.807, 2.05) is 13.8 Å². The molecule has 0 saturated heterocycles. The van der Waals surface area contributed by atoms with Gasteiger partial charge < -0.3 is 24.4 Å². The molecule has 0 aliphatic rings. The topological polar surface area (TPSA) is 103 Å². The van der Waals surface area contributed by atoms with E-state index in [0.29, 0.717) is 36.3 Å². The Morgan fingerprint density at radius 3 is 2.50 bits per heavy atom. The number of carbonyl (C=O) groups is 2. The Labute approximate surface area is 163 Å². The molecule has 0 spiro atoms. The molecule has 0 bridgehead atoms. The number of nitrogens with zero attached hydrogens (tertiary/aromatic N) is 3. The minimum absolute atomic E-state index is 0.0820. The van der Waals surface area contributed by atoms with Gasteiger partial charge in [0.2, 0.25) is 5.95 Å². The van der Waals surface area contributed by atoms with Crippen LogP contribution in [0.15, 0.2) is 36.7 Å². The minimum Gasteiger partial charge on any atom is -0.494 e. The molecule has 9 heteroatoms. The number of aromatic nitrogens is 2. The fourth-order valence-corrected chi connectivity index (χ4v) is 2.28. The van der Waals surface area contributed by atoms with E-state index >= 15 is 0 Å². The van der Waals surface area contributed by atoms with E-state index in [-0.39, 0.29) is 6.54 Å². The van der Waals surface area contributed by atoms with Crippen molar-refractivity contribution in [1.29, 1.82) is 0 Å². The molecule has 2 aromatic rings. The smallest absolute Gasteiger partial charge is 0.326 e. The predicted octanol–water partition coefficient (Wildman–Crippen LogP) is 1.89. The molecule has 0 atom stereocenters. The minimum atomic E-state index is -0.571. The number of hydrogen-bond acceptors (Lipinski definition) is 8. The van der Waals surface area contributed by atoms with Gasteiger partial charge in [-0.1, -0.05) is 0 Å². The molecule has 150 valence electrons. The van der Waals surface area contributed by atoms with Gasteiger partial charge >= 0.3 is 5.97 Å². The Morgan fingerprint density at radius 1 is 1.11 bits per heavy atom. The van der Waals surface area contributed by atoms with E-state index in [1.54, 1.807) is 43.7 Å². The second kappa shape index (κ2) is 10.7. The van der Waals surface area contributed by atoms with Crippen molar-refractivity contribution < 1.29 is 23.8 Å². The van der Waals surface area contributed by atoms with Crippen LogP contribution in [0.3, 0.4) is 0 Å². The first-order valence-electron chi connectivity index (χ1n) is 8.86. The maximum Gasteiger partial charge on any atom is 0.326 e. The zero-order chi connectivity index (χ0) is 20.4. The number of hydrogen-bond donors (Lipinski definition) is 1. The number of likely N-dealkylation sites (N-methyl/N-ethyl adjacent to an activating group) is 1. The van der Waals surface area contributed by atoms with Crippen LogP contribution in [0.2, 0.25) is 0 Å². The molecule has 0 unspecified atom stereocenters. The molecule has 2 rings (SSSR count). The summed E-state index contributed by atoms with van der Waals surface area (Å²) in [6, 6.07) is 6.81. The quantitative estimate of drug-likeness (QED) is 0.616. The van der Waals surface area contributed by atoms with E-state index in [9.17, 15) is 9.59 Å². The summed E-state index contributed by atoms with van der Waals surface area (Å²) in [6.07, 6.45) is 3.15. The van der Waals surface area contributed by atoms with Gasteiger partial charge in [0.1, 0.15) is 18.0 Å². The zero-order valence-electron chi connectivity index (χ0n) is 16.2. The van der Waals surface area contributed by atoms with E-state index < -0.39 is 18.5 Å². The molecule has 0 radical (unpaired) electrons. The van der Waals surface area contributed by atoms with Crippen LogP contribution in [0.25, 0.3) is 0 Å². The highest BCUT2D eigenvalue weighted by molar-refractivity contribution is 5.94. The van der Waals surface area contributed by atoms with Crippen LogP contribution >= 0.6 is 0 Å². The summed E-state index contributed by atoms with van der Waals surface area (Å²) in [4.78, 5) is 33.7. The number of anilines is 2. The second-order valence-electron chi connectivity index (χ2n) is 5.64. The Kier molecular flexibility index (Phi) is 8.01. The van der Waals surface area contributed by atoms with Crippen LogP contribution in [0, 0.1) is 0 Å². The van der Waals surface area contributed by atoms with Crippen LogP contribution in [0.5, 0.6) is 11.5 Å². The highest BCUT2D eigenvalue weighted by Gasteiger charge is 2.14. The molecule has 9 nitrogen and oxygen atoms in total. The molecular formula is C19H24N4O5. The van der Waals surface area contributed by atoms with Gasteiger partial charge in [0.25, 0.3) is 5.91 Å². The third-order valence-corrected chi connectivity index (χ3v) is 3.46. The summed E-state index contributed by atoms with van der Waals surface area (Å²) in [5, 5.41) is 2.68. The van der Waals surface area contributed by atoms with Gasteiger partial charge in [0, 0.05) is 25.5 Å². The summed E-state index contributed by atoms with van der Waals surface area (Å²) in [5.74, 6) is 0.437. The van der Waals surface area contributed by atoms with E-state index in [0.717, 1.165) is 0 Å². The largest absolute Gasteiger partial charge is 0.494 e. The lowest BCUT2D eigenvalue weighted by Gasteiger charge is -2.16. The monoisotopic (exact) mass is 388 g/mol. The standard InChI is InChI=1S/C19H24N4O5/c1-4-26-14-7-8-16(27-5-2)15(11-14)22-17(24)13-28-18(25)12-23(3)19-20-9-6-10-21-19/h6-11H,4-5,12-13H2,1-3H3,(H,22,24). The van der Waals surface area contributed by atoms with Crippen molar-refractivity contribution >= 4 is 23.5 Å². The van der Waals surface area contributed by atoms with Crippen LogP contribution in [-0.2, 0) is 14.3 Å². The summed E-state index contributed by atoms with van der Waals surface area (Å²) in [6.45, 7) is 4.15. The van der Waals surface area contributed by atoms with Crippen LogP contribution in [0.1, 0.15) is 13.8 Å². The molecular weight excluding hydrogens is 364 g/mol. The number of rotatable bonds is 10. The zero-order valence-corrected chi connectivity index (χ0v) is 16.2. The number of esters is 1. The fraction of sp³-hybridized carbons (Fsp3) is 0.368. The van der Waals surface area contributed by atoms with E-state index in [1.165, 1.54) is 4.90 Å². The molecule has 0 fully saturated rings. The fourth-order valence-electron chi connectivity index (χ4n) is 2.28. The van der Waals surface area contributed by atoms with Crippen LogP contribution in [0.4, 0.5) is 11.6 Å². The SMILES string of the molecule is CCOc1ccc(OCC)c(NC(=O)COC(=O)CN(C)c2ncccn2)c1. The Morgan fingerprint density at radius 2 is 1.82 bits per heavy atom. The highest BCUT2D eigenvalue weighted by Crippen LogP contribution is 2.29. The molecule has 0 aliphatic heterocycles. The van der Waals surface area contributed by atoms with Crippen LogP contribution < -0.4 is 19.7 Å². The van der Waals surface area contributed by atoms with Crippen molar-refractivity contribution in [1.82, 2.24) is 9.97 Å². The van der Waals surface area contributed by atoms with E-state index in [4.69, 9.17) is 14.2 Å². The van der Waals surface area contributed by atoms with Gasteiger partial charge in [-0.05, 0) is 32.0 Å². The van der Waals surface area contributed by atoms with Crippen molar-refractivity contribution in [2.24, 2.45) is 0 Å². The first-order valence-corrected chi connectivity index (χ1v) is 8.86. The van der Waals surface area contributed by atoms with Gasteiger partial charge in [-0.15, -0.1) is 0 Å². The molecule has 1 N–H and O–H groups in total. The molecule has 1 heterocycles. The van der Waals surface area contributed by atoms with Gasteiger partial charge in [-0.2, -0.15) is 0 Å². The molecule has 1 aromatic carbocycles. The second-order valence-corrected chi connectivity index (χ2v) is 5.64. The predicted molar refractivity (Wildman–Crippen MR) is 104 cm³/mol. The number of nitrogens with one attached hydrogen (secondary N) is 1. The third kappa shape index (κ3) is 6.42. The lowest BCUT2D eigenvalue weighted by atomic mass is 10.2. The normalized spacial score (nSPS) is 10.1. The molecule has 1 amide bonds. The van der Waals surface area contributed by atoms with Crippen molar-refractivity contribution in [2.75, 3.05) is 43.6 Å². The Bertz CT molecular complexity index is 785. The van der Waals surface area contributed by atoms with Crippen molar-refractivity contribution in [3.8, 4) is 11.5 Å². The molecule has 28 heavy (non-hydrogen) atoms. The first-order chi connectivity index (χ1) is 13.5. The highest BCUT2D eigenvalue weighted by atomic mass is 16.5. The molecule has 1 aromatic heterocycles. The Balaban J connectivity index is 1.89. The maximum absolute atomic E-state index is 12.2. The average molecular weight is 388 g/mol. The Hall–Kier alpha value is -3.36. The third-order valence-electron chi connectivity index (χ3n) is 3.46. The van der Waals surface area contributed by atoms with Crippen molar-refractivity contribution in [2.45, 2.75) is 13.8 Å². The lowest BCUT2D eigenvalue weighted by Crippen LogP contribution is -2.30. The number of carbonyl (C=O) groups excluding carboxylic acids is 2. The summed E-state index contributed by atoms with van der Waals surface area (Å²) >= 11 is 0. The summed E-state index contributed by atoms with van der Waals surface area (Å²) in [7, 11) is 1.66. The summed E-state index contributed by atoms with van der Waals surface area (Å²) in [5.41, 5.74) is 0.448. The number of amides is 1. The first kappa shape index (κ1) is 20.9. The number of ether oxygens (including phenoxy) is 3. The number of benzene rings is 1. The van der Waals surface area contributed by atoms with E-state index in [2.05, 4.69) is 15.3 Å². The van der Waals surface area contributed by atoms with Crippen LogP contribution in [-0.4, -0.2) is 55.3 Å². The average Bonchev–Trinajstić information content (AvgIpc) is 2.69. The molecule has 0 aliphatic carbocycles. The van der Waals surface area contributed by atoms with Gasteiger partial charge in [0.05, 0.1) is 18.9 Å². The lowest BCUT2D eigenvalue weighted by molar-refractivity contribution is -0.145. The maximum atomic E-state index is 12.2. The van der Waals surface area contributed by atoms with Gasteiger partial charge in [-0.3, -0.25) is 9.59 Å². The van der Waals surface area contributed by atoms with Crippen molar-refractivity contribution in [3.63, 3.8) is 0 Å². The van der Waals surface area contributed by atoms with Gasteiger partial charge in [0.15, 0.2) is 6.61 Å². The van der Waals surface area contributed by atoms with Crippen molar-refractivity contribution in [3.05, 3.63) is 36.7 Å². The summed E-state index contributed by atoms with van der Waals surface area (Å²) < 4.78 is 16.0.